The van der Waals surface area contributed by atoms with E-state index in [1.54, 1.807) is 0 Å². The fourth-order valence-corrected chi connectivity index (χ4v) is 1.86. The van der Waals surface area contributed by atoms with Gasteiger partial charge in [0, 0.05) is 11.3 Å². The van der Waals surface area contributed by atoms with E-state index in [0.717, 1.165) is 28.3 Å². The molecule has 1 heterocycles. The van der Waals surface area contributed by atoms with Gasteiger partial charge in [-0.3, -0.25) is 0 Å². The number of para-hydroxylation sites is 1. The van der Waals surface area contributed by atoms with Crippen LogP contribution in [0.15, 0.2) is 42.5 Å². The van der Waals surface area contributed by atoms with Crippen LogP contribution in [0.25, 0.3) is 11.1 Å². The number of anilines is 1. The minimum absolute atomic E-state index is 0.286. The minimum atomic E-state index is 0.286. The molecule has 0 saturated carbocycles. The Morgan fingerprint density at radius 1 is 1.00 bits per heavy atom. The Balaban J connectivity index is 2.17. The van der Waals surface area contributed by atoms with Gasteiger partial charge in [-0.05, 0) is 23.8 Å². The average molecular weight is 213 g/mol. The summed E-state index contributed by atoms with van der Waals surface area (Å²) < 4.78 is 10.8. The molecule has 0 bridgehead atoms. The quantitative estimate of drug-likeness (QED) is 0.740. The highest BCUT2D eigenvalue weighted by atomic mass is 16.7. The maximum absolute atomic E-state index is 5.77. The van der Waals surface area contributed by atoms with Crippen LogP contribution in [0.4, 0.5) is 5.69 Å². The summed E-state index contributed by atoms with van der Waals surface area (Å²) in [6, 6.07) is 13.6. The van der Waals surface area contributed by atoms with Crippen molar-refractivity contribution in [2.24, 2.45) is 0 Å². The van der Waals surface area contributed by atoms with E-state index in [1.807, 2.05) is 42.5 Å². The van der Waals surface area contributed by atoms with Crippen molar-refractivity contribution in [3.05, 3.63) is 42.5 Å². The van der Waals surface area contributed by atoms with Crippen molar-refractivity contribution in [3.63, 3.8) is 0 Å². The van der Waals surface area contributed by atoms with E-state index < -0.39 is 0 Å². The summed E-state index contributed by atoms with van der Waals surface area (Å²) in [6.07, 6.45) is 0. The van der Waals surface area contributed by atoms with E-state index in [-0.39, 0.29) is 6.79 Å². The summed E-state index contributed by atoms with van der Waals surface area (Å²) in [5, 5.41) is 0. The Morgan fingerprint density at radius 2 is 1.88 bits per heavy atom. The van der Waals surface area contributed by atoms with E-state index in [9.17, 15) is 0 Å². The zero-order valence-electron chi connectivity index (χ0n) is 8.64. The molecule has 3 rings (SSSR count). The predicted octanol–water partition coefficient (Wildman–Crippen LogP) is 2.66. The molecule has 0 radical (unpaired) electrons. The zero-order valence-corrected chi connectivity index (χ0v) is 8.64. The number of hydrogen-bond donors (Lipinski definition) is 1. The molecule has 2 aromatic rings. The van der Waals surface area contributed by atoms with Gasteiger partial charge < -0.3 is 15.2 Å². The van der Waals surface area contributed by atoms with Crippen LogP contribution in [0.2, 0.25) is 0 Å². The molecule has 2 aromatic carbocycles. The number of nitrogen functional groups attached to an aromatic ring is 1. The second-order valence-electron chi connectivity index (χ2n) is 3.66. The molecule has 0 saturated heterocycles. The lowest BCUT2D eigenvalue weighted by atomic mass is 10.0. The molecule has 0 aromatic heterocycles. The van der Waals surface area contributed by atoms with Gasteiger partial charge in [-0.2, -0.15) is 0 Å². The first-order valence-electron chi connectivity index (χ1n) is 5.09. The standard InChI is InChI=1S/C13H11NO2/c14-10-4-1-3-9(7-10)11-5-2-6-12-13(11)16-8-15-12/h1-7H,8,14H2. The van der Waals surface area contributed by atoms with Gasteiger partial charge in [-0.25, -0.2) is 0 Å². The number of benzene rings is 2. The van der Waals surface area contributed by atoms with Crippen molar-refractivity contribution >= 4 is 5.69 Å². The molecular formula is C13H11NO2. The molecular weight excluding hydrogens is 202 g/mol. The lowest BCUT2D eigenvalue weighted by molar-refractivity contribution is 0.174. The average Bonchev–Trinajstić information content (AvgIpc) is 2.76. The third kappa shape index (κ3) is 1.37. The van der Waals surface area contributed by atoms with Crippen LogP contribution >= 0.6 is 0 Å². The first kappa shape index (κ1) is 9.09. The van der Waals surface area contributed by atoms with Gasteiger partial charge in [0.1, 0.15) is 0 Å². The van der Waals surface area contributed by atoms with Crippen LogP contribution in [0.1, 0.15) is 0 Å². The SMILES string of the molecule is Nc1cccc(-c2cccc3c2OCO3)c1. The molecule has 1 aliphatic rings. The molecule has 0 amide bonds. The number of rotatable bonds is 1. The van der Waals surface area contributed by atoms with E-state index in [1.165, 1.54) is 0 Å². The fraction of sp³-hybridized carbons (Fsp3) is 0.0769. The highest BCUT2D eigenvalue weighted by Crippen LogP contribution is 2.41. The van der Waals surface area contributed by atoms with Gasteiger partial charge in [0.15, 0.2) is 11.5 Å². The summed E-state index contributed by atoms with van der Waals surface area (Å²) >= 11 is 0. The molecule has 2 N–H and O–H groups in total. The third-order valence-corrected chi connectivity index (χ3v) is 2.59. The molecule has 0 aliphatic carbocycles. The summed E-state index contributed by atoms with van der Waals surface area (Å²) in [6.45, 7) is 0.286. The highest BCUT2D eigenvalue weighted by molar-refractivity contribution is 5.76. The van der Waals surface area contributed by atoms with Gasteiger partial charge in [0.05, 0.1) is 0 Å². The fourth-order valence-electron chi connectivity index (χ4n) is 1.86. The van der Waals surface area contributed by atoms with Gasteiger partial charge >= 0.3 is 0 Å². The zero-order chi connectivity index (χ0) is 11.0. The van der Waals surface area contributed by atoms with E-state index in [0.29, 0.717) is 0 Å². The van der Waals surface area contributed by atoms with Crippen LogP contribution in [0.5, 0.6) is 11.5 Å². The number of ether oxygens (including phenoxy) is 2. The van der Waals surface area contributed by atoms with Crippen molar-refractivity contribution in [1.29, 1.82) is 0 Å². The lowest BCUT2D eigenvalue weighted by Gasteiger charge is -2.06. The van der Waals surface area contributed by atoms with Gasteiger partial charge in [-0.15, -0.1) is 0 Å². The summed E-state index contributed by atoms with van der Waals surface area (Å²) in [7, 11) is 0. The largest absolute Gasteiger partial charge is 0.454 e. The van der Waals surface area contributed by atoms with Crippen molar-refractivity contribution in [3.8, 4) is 22.6 Å². The predicted molar refractivity (Wildman–Crippen MR) is 62.4 cm³/mol. The van der Waals surface area contributed by atoms with E-state index in [4.69, 9.17) is 15.2 Å². The second-order valence-corrected chi connectivity index (χ2v) is 3.66. The van der Waals surface area contributed by atoms with Gasteiger partial charge in [0.25, 0.3) is 0 Å². The molecule has 0 spiro atoms. The third-order valence-electron chi connectivity index (χ3n) is 2.59. The second kappa shape index (κ2) is 3.45. The van der Waals surface area contributed by atoms with Gasteiger partial charge in [0.2, 0.25) is 6.79 Å². The smallest absolute Gasteiger partial charge is 0.231 e. The normalized spacial score (nSPS) is 12.8. The number of fused-ring (bicyclic) bond motifs is 1. The van der Waals surface area contributed by atoms with Crippen LogP contribution in [0, 0.1) is 0 Å². The van der Waals surface area contributed by atoms with Gasteiger partial charge in [-0.1, -0.05) is 24.3 Å². The maximum Gasteiger partial charge on any atom is 0.231 e. The Labute approximate surface area is 93.4 Å². The Hall–Kier alpha value is -2.16. The highest BCUT2D eigenvalue weighted by Gasteiger charge is 2.17. The molecule has 16 heavy (non-hydrogen) atoms. The lowest BCUT2D eigenvalue weighted by Crippen LogP contribution is -1.93. The summed E-state index contributed by atoms with van der Waals surface area (Å²) in [5.41, 5.74) is 8.57. The molecule has 3 heteroatoms. The molecule has 3 nitrogen and oxygen atoms in total. The molecule has 0 fully saturated rings. The van der Waals surface area contributed by atoms with Crippen LogP contribution in [-0.4, -0.2) is 6.79 Å². The first-order chi connectivity index (χ1) is 7.84. The van der Waals surface area contributed by atoms with E-state index in [2.05, 4.69) is 0 Å². The Bertz CT molecular complexity index is 537. The van der Waals surface area contributed by atoms with Crippen LogP contribution < -0.4 is 15.2 Å². The minimum Gasteiger partial charge on any atom is -0.454 e. The van der Waals surface area contributed by atoms with Crippen molar-refractivity contribution in [2.45, 2.75) is 0 Å². The molecule has 0 unspecified atom stereocenters. The van der Waals surface area contributed by atoms with Crippen molar-refractivity contribution in [2.75, 3.05) is 12.5 Å². The Kier molecular flexibility index (Phi) is 1.96. The molecule has 80 valence electrons. The Morgan fingerprint density at radius 3 is 2.75 bits per heavy atom. The summed E-state index contributed by atoms with van der Waals surface area (Å²) in [5.74, 6) is 1.59. The van der Waals surface area contributed by atoms with E-state index >= 15 is 0 Å². The summed E-state index contributed by atoms with van der Waals surface area (Å²) in [4.78, 5) is 0. The number of hydrogen-bond acceptors (Lipinski definition) is 3. The van der Waals surface area contributed by atoms with Crippen LogP contribution in [0.3, 0.4) is 0 Å². The molecule has 0 atom stereocenters. The van der Waals surface area contributed by atoms with Crippen molar-refractivity contribution < 1.29 is 9.47 Å². The number of nitrogens with two attached hydrogens (primary N) is 1. The maximum atomic E-state index is 5.77. The first-order valence-corrected chi connectivity index (χ1v) is 5.09. The molecule has 1 aliphatic heterocycles. The monoisotopic (exact) mass is 213 g/mol. The topological polar surface area (TPSA) is 44.5 Å². The van der Waals surface area contributed by atoms with Crippen LogP contribution in [-0.2, 0) is 0 Å². The van der Waals surface area contributed by atoms with Crippen molar-refractivity contribution in [1.82, 2.24) is 0 Å².